The van der Waals surface area contributed by atoms with Crippen molar-refractivity contribution < 1.29 is 71.6 Å². The van der Waals surface area contributed by atoms with E-state index in [1.165, 1.54) is 11.1 Å². The molecule has 59 heavy (non-hydrogen) atoms. The van der Waals surface area contributed by atoms with Gasteiger partial charge in [0, 0.05) is 22.5 Å². The van der Waals surface area contributed by atoms with E-state index in [1.807, 2.05) is 48.5 Å². The minimum Gasteiger partial charge on any atom is -0.490 e. The van der Waals surface area contributed by atoms with Crippen molar-refractivity contribution in [1.82, 2.24) is 0 Å². The molecule has 0 spiro atoms. The van der Waals surface area contributed by atoms with E-state index >= 15 is 0 Å². The predicted molar refractivity (Wildman–Crippen MR) is 213 cm³/mol. The van der Waals surface area contributed by atoms with Crippen LogP contribution in [0.3, 0.4) is 0 Å². The molecule has 321 valence electrons. The smallest absolute Gasteiger partial charge is 0.490 e. The van der Waals surface area contributed by atoms with Crippen molar-refractivity contribution in [3.63, 3.8) is 0 Å². The Morgan fingerprint density at radius 3 is 1.15 bits per heavy atom. The second-order valence-corrected chi connectivity index (χ2v) is 15.9. The molecule has 16 heteroatoms. The molecule has 12 bridgehead atoms. The molecule has 0 aliphatic carbocycles. The number of benzene rings is 4. The average Bonchev–Trinajstić information content (AvgIpc) is 3.91. The van der Waals surface area contributed by atoms with E-state index in [-0.39, 0.29) is 34.6 Å². The maximum Gasteiger partial charge on any atom is 0.522 e. The summed E-state index contributed by atoms with van der Waals surface area (Å²) < 4.78 is 94.1. The first kappa shape index (κ1) is 45.3. The van der Waals surface area contributed by atoms with Crippen molar-refractivity contribution in [3.8, 4) is 23.0 Å². The molecule has 1 N–H and O–H groups in total. The quantitative estimate of drug-likeness (QED) is 0.119. The minimum absolute atomic E-state index is 0. The van der Waals surface area contributed by atoms with Crippen molar-refractivity contribution in [3.05, 3.63) is 119 Å². The summed E-state index contributed by atoms with van der Waals surface area (Å²) in [6, 6.07) is 32.6. The Labute approximate surface area is 353 Å². The zero-order valence-corrected chi connectivity index (χ0v) is 34.8. The molecule has 4 aromatic carbocycles. The first-order valence-corrected chi connectivity index (χ1v) is 20.4. The Hall–Kier alpha value is -4.76. The van der Waals surface area contributed by atoms with Gasteiger partial charge in [0.2, 0.25) is 0 Å². The van der Waals surface area contributed by atoms with Gasteiger partial charge in [-0.3, -0.25) is 4.55 Å². The molecule has 2 atom stereocenters. The van der Waals surface area contributed by atoms with Gasteiger partial charge in [0.1, 0.15) is 80.1 Å². The van der Waals surface area contributed by atoms with Crippen LogP contribution in [0.1, 0.15) is 74.9 Å². The van der Waals surface area contributed by atoms with Crippen molar-refractivity contribution in [2.75, 3.05) is 39.6 Å². The molecule has 0 unspecified atom stereocenters. The van der Waals surface area contributed by atoms with E-state index in [0.29, 0.717) is 51.4 Å². The Kier molecular flexibility index (Phi) is 14.7. The van der Waals surface area contributed by atoms with E-state index in [4.69, 9.17) is 51.4 Å². The molecule has 0 aromatic heterocycles. The largest absolute Gasteiger partial charge is 0.522 e. The fourth-order valence-corrected chi connectivity index (χ4v) is 6.87. The van der Waals surface area contributed by atoms with Gasteiger partial charge < -0.3 is 28.4 Å². The number of halogens is 3. The molecule has 7 heterocycles. The topological polar surface area (TPSA) is 134 Å². The second kappa shape index (κ2) is 19.1. The van der Waals surface area contributed by atoms with Crippen molar-refractivity contribution >= 4 is 21.9 Å². The van der Waals surface area contributed by atoms with E-state index in [0.717, 1.165) is 47.0 Å². The maximum absolute atomic E-state index is 10.7. The van der Waals surface area contributed by atoms with Crippen LogP contribution >= 0.6 is 0 Å². The number of nitrogens with zero attached hydrogens (tertiary/aromatic N) is 2. The van der Waals surface area contributed by atoms with Crippen molar-refractivity contribution in [1.29, 1.82) is 0 Å². The standard InChI is InChI=1S/C42H46N2O6.CHF3O3S.Cu/c1-5-42(6-2)39-43-37(27-49-39)29-7-15-33(16-8-29)45-23-25-47-35-19-11-31(12-20-35)41(3,4)32-13-21-36(22-14-32)48-26-24-46-34-17-9-30(10-18-34)38-28-50-40(42)44-38;2-1(3,4)8(5,6)7;/h7-22,37-38H,5-6,23-28H2,1-4H3;(H,5,6,7);/t37-,38-;;/m0../s1. The minimum atomic E-state index is -5.84. The Morgan fingerprint density at radius 1 is 0.593 bits per heavy atom. The fourth-order valence-electron chi connectivity index (χ4n) is 6.87. The van der Waals surface area contributed by atoms with Crippen molar-refractivity contribution in [2.45, 2.75) is 63.5 Å². The summed E-state index contributed by atoms with van der Waals surface area (Å²) >= 11 is 0. The van der Waals surface area contributed by atoms with E-state index in [1.54, 1.807) is 0 Å². The number of alkyl halides is 3. The van der Waals surface area contributed by atoms with Gasteiger partial charge in [-0.2, -0.15) is 21.6 Å². The first-order valence-electron chi connectivity index (χ1n) is 19.0. The molecule has 4 aromatic rings. The van der Waals surface area contributed by atoms with Gasteiger partial charge in [0.05, 0.1) is 0 Å². The third kappa shape index (κ3) is 10.7. The summed E-state index contributed by atoms with van der Waals surface area (Å²) in [5, 5.41) is 0. The SMILES string of the molecule is CCC1(CC)C2=N[C@@H](CO2)c2ccc(cc2)OCCOc2ccc(cc2)C(C)(C)c2ccc(cc2)OCCOc2ccc(cc2)[C@@H]2COC1=N2.O=S(=O)(O)C(F)(F)F.[Cu]. The van der Waals surface area contributed by atoms with Crippen LogP contribution in [-0.4, -0.2) is 69.9 Å². The third-order valence-corrected chi connectivity index (χ3v) is 11.1. The monoisotopic (exact) mass is 887 g/mol. The molecular weight excluding hydrogens is 841 g/mol. The predicted octanol–water partition coefficient (Wildman–Crippen LogP) is 9.08. The zero-order valence-electron chi connectivity index (χ0n) is 33.0. The summed E-state index contributed by atoms with van der Waals surface area (Å²) in [6.07, 6.45) is 1.55. The first-order chi connectivity index (χ1) is 27.6. The van der Waals surface area contributed by atoms with Crippen LogP contribution in [0.25, 0.3) is 0 Å². The number of hydrogen-bond acceptors (Lipinski definition) is 10. The van der Waals surface area contributed by atoms with Gasteiger partial charge in [0.15, 0.2) is 11.8 Å². The van der Waals surface area contributed by atoms with Gasteiger partial charge in [-0.1, -0.05) is 76.2 Å². The Bertz CT molecular complexity index is 2030. The van der Waals surface area contributed by atoms with E-state index in [9.17, 15) is 13.2 Å². The van der Waals surface area contributed by atoms with Crippen LogP contribution in [0.4, 0.5) is 13.2 Å². The summed E-state index contributed by atoms with van der Waals surface area (Å²) in [6.45, 7) is 11.5. The number of hydrogen-bond donors (Lipinski definition) is 1. The number of rotatable bonds is 2. The molecule has 0 fully saturated rings. The normalized spacial score (nSPS) is 19.9. The van der Waals surface area contributed by atoms with Crippen LogP contribution in [0.15, 0.2) is 107 Å². The fraction of sp³-hybridized carbons (Fsp3) is 0.395. The molecule has 0 amide bonds. The summed E-state index contributed by atoms with van der Waals surface area (Å²) in [4.78, 5) is 10.2. The zero-order chi connectivity index (χ0) is 41.6. The van der Waals surface area contributed by atoms with Gasteiger partial charge in [0.25, 0.3) is 0 Å². The van der Waals surface area contributed by atoms with Crippen LogP contribution in [0.5, 0.6) is 23.0 Å². The third-order valence-electron chi connectivity index (χ3n) is 10.5. The number of aliphatic imine (C=N–C) groups is 2. The molecular formula is C43H47CuF3N2O9S. The van der Waals surface area contributed by atoms with E-state index in [2.05, 4.69) is 76.2 Å². The molecule has 11 nitrogen and oxygen atoms in total. The molecule has 0 saturated heterocycles. The Morgan fingerprint density at radius 2 is 0.881 bits per heavy atom. The van der Waals surface area contributed by atoms with Crippen LogP contribution < -0.4 is 18.9 Å². The summed E-state index contributed by atoms with van der Waals surface area (Å²) in [7, 11) is -5.84. The van der Waals surface area contributed by atoms with Crippen molar-refractivity contribution in [2.24, 2.45) is 15.4 Å². The average molecular weight is 888 g/mol. The van der Waals surface area contributed by atoms with Gasteiger partial charge >= 0.3 is 15.6 Å². The molecule has 7 aliphatic rings. The molecule has 7 aliphatic heterocycles. The number of ether oxygens (including phenoxy) is 6. The van der Waals surface area contributed by atoms with Gasteiger partial charge in [-0.05, 0) is 83.6 Å². The van der Waals surface area contributed by atoms with E-state index < -0.39 is 21.0 Å². The second-order valence-electron chi connectivity index (χ2n) is 14.4. The van der Waals surface area contributed by atoms with Crippen LogP contribution in [0.2, 0.25) is 0 Å². The summed E-state index contributed by atoms with van der Waals surface area (Å²) in [5.41, 5.74) is -1.67. The molecule has 0 saturated carbocycles. The number of fused-ring (bicyclic) bond motifs is 4. The van der Waals surface area contributed by atoms with Crippen LogP contribution in [0, 0.1) is 5.41 Å². The summed E-state index contributed by atoms with van der Waals surface area (Å²) in [5.74, 6) is 4.60. The Balaban J connectivity index is 0.000000668. The van der Waals surface area contributed by atoms with Gasteiger partial charge in [-0.25, -0.2) is 9.98 Å². The maximum atomic E-state index is 10.7. The van der Waals surface area contributed by atoms with Crippen LogP contribution in [-0.2, 0) is 42.1 Å². The van der Waals surface area contributed by atoms with Gasteiger partial charge in [-0.15, -0.1) is 0 Å². The molecule has 1 radical (unpaired) electrons. The molecule has 11 rings (SSSR count).